The predicted octanol–water partition coefficient (Wildman–Crippen LogP) is 13.8. The molecular formula is C61H123BrN4O7. The molecule has 11 nitrogen and oxygen atoms in total. The number of aliphatic hydroxyl groups is 3. The molecule has 0 bridgehead atoms. The van der Waals surface area contributed by atoms with E-state index in [1.807, 2.05) is 0 Å². The van der Waals surface area contributed by atoms with Crippen LogP contribution in [-0.4, -0.2) is 133 Å². The third-order valence-corrected chi connectivity index (χ3v) is 14.9. The summed E-state index contributed by atoms with van der Waals surface area (Å²) in [5.41, 5.74) is 5.22. The number of nitrogens with two attached hydrogens (primary N) is 1. The van der Waals surface area contributed by atoms with E-state index >= 15 is 0 Å². The highest BCUT2D eigenvalue weighted by molar-refractivity contribution is 9.09. The van der Waals surface area contributed by atoms with E-state index in [4.69, 9.17) is 25.4 Å². The Bertz CT molecular complexity index is 1090. The molecule has 6 N–H and O–H groups in total. The van der Waals surface area contributed by atoms with Crippen molar-refractivity contribution in [3.8, 4) is 0 Å². The number of esters is 2. The van der Waals surface area contributed by atoms with E-state index in [0.29, 0.717) is 55.3 Å². The molecule has 3 fully saturated rings. The second-order valence-electron chi connectivity index (χ2n) is 22.1. The molecule has 0 aliphatic heterocycles. The lowest BCUT2D eigenvalue weighted by Gasteiger charge is -2.27. The number of halogens is 1. The first-order valence-electron chi connectivity index (χ1n) is 31.4. The van der Waals surface area contributed by atoms with Gasteiger partial charge in [0.25, 0.3) is 0 Å². The molecule has 0 heterocycles. The van der Waals surface area contributed by atoms with Gasteiger partial charge in [0.15, 0.2) is 0 Å². The highest BCUT2D eigenvalue weighted by Gasteiger charge is 2.28. The minimum atomic E-state index is -0.0127. The van der Waals surface area contributed by atoms with Crippen LogP contribution in [0.4, 0.5) is 0 Å². The van der Waals surface area contributed by atoms with Crippen molar-refractivity contribution in [1.82, 2.24) is 15.1 Å². The van der Waals surface area contributed by atoms with Gasteiger partial charge >= 0.3 is 11.9 Å². The van der Waals surface area contributed by atoms with Crippen LogP contribution in [-0.2, 0) is 19.1 Å². The van der Waals surface area contributed by atoms with Gasteiger partial charge in [-0.05, 0) is 115 Å². The maximum absolute atomic E-state index is 12.8. The Morgan fingerprint density at radius 1 is 0.507 bits per heavy atom. The molecule has 2 unspecified atom stereocenters. The Morgan fingerprint density at radius 2 is 0.890 bits per heavy atom. The number of carbonyl (C=O) groups excluding carboxylic acids is 2. The van der Waals surface area contributed by atoms with Gasteiger partial charge in [-0.2, -0.15) is 0 Å². The first-order valence-corrected chi connectivity index (χ1v) is 32.5. The zero-order valence-electron chi connectivity index (χ0n) is 48.6. The standard InChI is InChI=1S/C51H100N2O5.C5H11NO.C3H7N.C2H5BrO/c1-5-9-13-17-19-25-33-47(31-23-15-11-7-3)45-57-50(55)35-27-21-29-39-52(41-42-53(43-44-54)49-37-38-49)40-30-22-28-36-51(56)58-46-48(32-24-16-12-8-4)34-26-20-18-14-10-6-2;7-4-3-6-5-1-2-5;4-3-1-2-3;3-1-2-4/h47-49,54H,5-46H2,1-4H3;5-7H,1-4H2;3H,1-2,4H2;4H,1-2H2. The molecule has 73 heavy (non-hydrogen) atoms. The average molecular weight is 1100 g/mol. The van der Waals surface area contributed by atoms with Gasteiger partial charge in [-0.1, -0.05) is 185 Å². The summed E-state index contributed by atoms with van der Waals surface area (Å²) in [4.78, 5) is 30.6. The number of aliphatic hydroxyl groups excluding tert-OH is 3. The summed E-state index contributed by atoms with van der Waals surface area (Å²) in [6.07, 6.45) is 45.5. The van der Waals surface area contributed by atoms with Crippen LogP contribution in [0.15, 0.2) is 0 Å². The van der Waals surface area contributed by atoms with E-state index in [1.165, 1.54) is 193 Å². The molecular weight excluding hydrogens is 981 g/mol. The van der Waals surface area contributed by atoms with Crippen LogP contribution in [0.1, 0.15) is 272 Å². The number of nitrogens with zero attached hydrogens (tertiary/aromatic N) is 2. The highest BCUT2D eigenvalue weighted by atomic mass is 79.9. The first kappa shape index (κ1) is 72.1. The molecule has 0 aromatic heterocycles. The lowest BCUT2D eigenvalue weighted by molar-refractivity contribution is -0.146. The molecule has 436 valence electrons. The average Bonchev–Trinajstić information content (AvgIpc) is 4.25. The summed E-state index contributed by atoms with van der Waals surface area (Å²) >= 11 is 3.00. The van der Waals surface area contributed by atoms with Crippen molar-refractivity contribution in [1.29, 1.82) is 0 Å². The summed E-state index contributed by atoms with van der Waals surface area (Å²) in [5, 5.41) is 29.6. The molecule has 12 heteroatoms. The summed E-state index contributed by atoms with van der Waals surface area (Å²) in [5.74, 6) is 1.01. The monoisotopic (exact) mass is 1100 g/mol. The van der Waals surface area contributed by atoms with E-state index in [9.17, 15) is 14.7 Å². The van der Waals surface area contributed by atoms with Crippen LogP contribution >= 0.6 is 15.9 Å². The zero-order valence-corrected chi connectivity index (χ0v) is 50.2. The SMILES string of the molecule is CCCCCCCCC(CCCCCC)COC(=O)CCCCCN(CCCCCC(=O)OCC(CCCCCC)CCCCCCCC)CCN(CCO)C1CC1.NC1CC1.OCCBr.OCCNC1CC1. The molecule has 3 aliphatic rings. The third-order valence-electron chi connectivity index (χ3n) is 14.5. The molecule has 0 spiro atoms. The van der Waals surface area contributed by atoms with Gasteiger partial charge in [0, 0.05) is 62.5 Å². The molecule has 0 aromatic carbocycles. The fourth-order valence-electron chi connectivity index (χ4n) is 9.20. The molecule has 0 saturated heterocycles. The number of hydrogen-bond donors (Lipinski definition) is 5. The third kappa shape index (κ3) is 54.3. The number of rotatable bonds is 50. The lowest BCUT2D eigenvalue weighted by Crippen LogP contribution is -2.38. The lowest BCUT2D eigenvalue weighted by atomic mass is 9.95. The van der Waals surface area contributed by atoms with Gasteiger partial charge < -0.3 is 40.7 Å². The molecule has 2 atom stereocenters. The summed E-state index contributed by atoms with van der Waals surface area (Å²) in [6.45, 7) is 16.6. The van der Waals surface area contributed by atoms with Crippen LogP contribution in [0.3, 0.4) is 0 Å². The Hall–Kier alpha value is -0.860. The number of nitrogens with one attached hydrogen (secondary N) is 1. The van der Waals surface area contributed by atoms with Crippen LogP contribution < -0.4 is 11.1 Å². The topological polar surface area (TPSA) is 158 Å². The molecule has 3 aliphatic carbocycles. The largest absolute Gasteiger partial charge is 0.465 e. The summed E-state index contributed by atoms with van der Waals surface area (Å²) < 4.78 is 11.7. The quantitative estimate of drug-likeness (QED) is 0.0224. The van der Waals surface area contributed by atoms with Crippen LogP contribution in [0.2, 0.25) is 0 Å². The van der Waals surface area contributed by atoms with E-state index in [-0.39, 0.29) is 31.8 Å². The predicted molar refractivity (Wildman–Crippen MR) is 314 cm³/mol. The van der Waals surface area contributed by atoms with Crippen LogP contribution in [0.5, 0.6) is 0 Å². The number of alkyl halides is 1. The Morgan fingerprint density at radius 3 is 1.23 bits per heavy atom. The summed E-state index contributed by atoms with van der Waals surface area (Å²) in [6, 6.07) is 1.97. The van der Waals surface area contributed by atoms with E-state index < -0.39 is 0 Å². The normalized spacial score (nSPS) is 14.9. The Balaban J connectivity index is 0.00000293. The smallest absolute Gasteiger partial charge is 0.305 e. The van der Waals surface area contributed by atoms with Crippen LogP contribution in [0, 0.1) is 11.8 Å². The Kier molecular flexibility index (Phi) is 55.2. The fourth-order valence-corrected chi connectivity index (χ4v) is 9.20. The Labute approximate surface area is 460 Å². The van der Waals surface area contributed by atoms with E-state index in [0.717, 1.165) is 83.8 Å². The maximum Gasteiger partial charge on any atom is 0.305 e. The number of carbonyl (C=O) groups is 2. The van der Waals surface area contributed by atoms with Crippen molar-refractivity contribution in [2.75, 3.05) is 77.6 Å². The van der Waals surface area contributed by atoms with Gasteiger partial charge in [-0.3, -0.25) is 14.5 Å². The zero-order chi connectivity index (χ0) is 53.7. The maximum atomic E-state index is 12.8. The molecule has 0 amide bonds. The number of unbranched alkanes of at least 4 members (excludes halogenated alkanes) is 20. The summed E-state index contributed by atoms with van der Waals surface area (Å²) in [7, 11) is 0. The second-order valence-corrected chi connectivity index (χ2v) is 22.9. The van der Waals surface area contributed by atoms with E-state index in [2.05, 4.69) is 58.7 Å². The number of hydrogen-bond acceptors (Lipinski definition) is 11. The minimum absolute atomic E-state index is 0.0127. The first-order chi connectivity index (χ1) is 35.7. The molecule has 3 rings (SSSR count). The van der Waals surface area contributed by atoms with E-state index in [1.54, 1.807) is 0 Å². The van der Waals surface area contributed by atoms with Gasteiger partial charge in [-0.25, -0.2) is 0 Å². The minimum Gasteiger partial charge on any atom is -0.465 e. The van der Waals surface area contributed by atoms with Crippen molar-refractivity contribution in [3.63, 3.8) is 0 Å². The van der Waals surface area contributed by atoms with Gasteiger partial charge in [0.1, 0.15) is 0 Å². The van der Waals surface area contributed by atoms with Crippen molar-refractivity contribution >= 4 is 27.9 Å². The fraction of sp³-hybridized carbons (Fsp3) is 0.967. The molecule has 3 saturated carbocycles. The van der Waals surface area contributed by atoms with Crippen LogP contribution in [0.25, 0.3) is 0 Å². The van der Waals surface area contributed by atoms with Crippen molar-refractivity contribution in [2.45, 2.75) is 290 Å². The molecule has 0 radical (unpaired) electrons. The second kappa shape index (κ2) is 55.9. The van der Waals surface area contributed by atoms with Crippen molar-refractivity contribution < 1.29 is 34.4 Å². The molecule has 0 aromatic rings. The van der Waals surface area contributed by atoms with Gasteiger partial charge in [0.05, 0.1) is 33.0 Å². The van der Waals surface area contributed by atoms with Gasteiger partial charge in [0.2, 0.25) is 0 Å². The highest BCUT2D eigenvalue weighted by Crippen LogP contribution is 2.26. The van der Waals surface area contributed by atoms with Gasteiger partial charge in [-0.15, -0.1) is 0 Å². The van der Waals surface area contributed by atoms with Crippen molar-refractivity contribution in [2.24, 2.45) is 17.6 Å². The number of ether oxygens (including phenoxy) is 2. The van der Waals surface area contributed by atoms with Crippen molar-refractivity contribution in [3.05, 3.63) is 0 Å².